The summed E-state index contributed by atoms with van der Waals surface area (Å²) in [6, 6.07) is 11.4. The molecule has 0 radical (unpaired) electrons. The van der Waals surface area contributed by atoms with Gasteiger partial charge in [-0.25, -0.2) is 4.68 Å². The van der Waals surface area contributed by atoms with Crippen LogP contribution in [0.1, 0.15) is 31.7 Å². The summed E-state index contributed by atoms with van der Waals surface area (Å²) in [5.74, 6) is 0.480. The second kappa shape index (κ2) is 7.70. The van der Waals surface area contributed by atoms with Gasteiger partial charge < -0.3 is 5.32 Å². The molecule has 1 fully saturated rings. The van der Waals surface area contributed by atoms with Crippen LogP contribution >= 0.6 is 15.9 Å². The number of halogens is 1. The quantitative estimate of drug-likeness (QED) is 0.849. The molecule has 0 bridgehead atoms. The number of hydrogen-bond donors (Lipinski definition) is 1. The minimum absolute atomic E-state index is 0.124. The topological polar surface area (TPSA) is 50.2 Å². The zero-order valence-corrected chi connectivity index (χ0v) is 16.5. The van der Waals surface area contributed by atoms with Gasteiger partial charge in [-0.15, -0.1) is 0 Å². The molecule has 1 N–H and O–H groups in total. The average Bonchev–Trinajstić information content (AvgIpc) is 2.62. The van der Waals surface area contributed by atoms with Crippen LogP contribution in [0.25, 0.3) is 0 Å². The zero-order valence-electron chi connectivity index (χ0n) is 14.9. The highest BCUT2D eigenvalue weighted by molar-refractivity contribution is 9.10. The lowest BCUT2D eigenvalue weighted by Gasteiger charge is -2.41. The third kappa shape index (κ3) is 4.12. The number of likely N-dealkylation sites (tertiary alicyclic amines) is 1. The second-order valence-electron chi connectivity index (χ2n) is 7.03. The number of rotatable bonds is 4. The smallest absolute Gasteiger partial charge is 0.282 e. The Morgan fingerprint density at radius 1 is 1.24 bits per heavy atom. The van der Waals surface area contributed by atoms with Gasteiger partial charge in [0.25, 0.3) is 5.56 Å². The summed E-state index contributed by atoms with van der Waals surface area (Å²) in [6.45, 7) is 6.50. The molecule has 5 nitrogen and oxygen atoms in total. The molecule has 2 atom stereocenters. The molecule has 25 heavy (non-hydrogen) atoms. The van der Waals surface area contributed by atoms with Crippen LogP contribution < -0.4 is 10.9 Å². The minimum Gasteiger partial charge on any atom is -0.379 e. The van der Waals surface area contributed by atoms with Crippen molar-refractivity contribution in [2.75, 3.05) is 18.4 Å². The lowest BCUT2D eigenvalue weighted by Crippen LogP contribution is -2.48. The van der Waals surface area contributed by atoms with E-state index in [2.05, 4.69) is 75.4 Å². The van der Waals surface area contributed by atoms with E-state index in [9.17, 15) is 4.79 Å². The standard InChI is InChI=1S/C19H25BrN4O/c1-13(2)24-11-15(14-7-5-4-6-8-14)9-16(12-24)22-17-10-21-23(3)19(25)18(17)20/h4-8,10,13,15-16,22H,9,11-12H2,1-3H3. The Bertz CT molecular complexity index is 775. The van der Waals surface area contributed by atoms with E-state index in [4.69, 9.17) is 0 Å². The first-order valence-corrected chi connectivity index (χ1v) is 9.52. The predicted octanol–water partition coefficient (Wildman–Crippen LogP) is 3.22. The molecule has 2 aromatic rings. The number of nitrogens with zero attached hydrogens (tertiary/aromatic N) is 3. The molecule has 0 saturated carbocycles. The molecule has 2 heterocycles. The summed E-state index contributed by atoms with van der Waals surface area (Å²) in [6.07, 6.45) is 2.76. The van der Waals surface area contributed by atoms with Crippen LogP contribution in [0.5, 0.6) is 0 Å². The normalized spacial score (nSPS) is 21.5. The third-order valence-electron chi connectivity index (χ3n) is 4.92. The lowest BCUT2D eigenvalue weighted by atomic mass is 9.87. The first kappa shape index (κ1) is 18.1. The number of hydrogen-bond acceptors (Lipinski definition) is 4. The zero-order chi connectivity index (χ0) is 18.0. The highest BCUT2D eigenvalue weighted by Crippen LogP contribution is 2.30. The molecule has 2 unspecified atom stereocenters. The maximum absolute atomic E-state index is 12.1. The van der Waals surface area contributed by atoms with Crippen molar-refractivity contribution in [2.45, 2.75) is 38.3 Å². The maximum atomic E-state index is 12.1. The van der Waals surface area contributed by atoms with Crippen LogP contribution in [-0.2, 0) is 7.05 Å². The lowest BCUT2D eigenvalue weighted by molar-refractivity contribution is 0.157. The number of aromatic nitrogens is 2. The van der Waals surface area contributed by atoms with E-state index in [-0.39, 0.29) is 11.6 Å². The number of nitrogens with one attached hydrogen (secondary N) is 1. The van der Waals surface area contributed by atoms with Gasteiger partial charge in [0.2, 0.25) is 0 Å². The van der Waals surface area contributed by atoms with Crippen LogP contribution in [-0.4, -0.2) is 39.9 Å². The molecule has 3 rings (SSSR count). The molecule has 1 aliphatic rings. The second-order valence-corrected chi connectivity index (χ2v) is 7.83. The maximum Gasteiger partial charge on any atom is 0.282 e. The number of anilines is 1. The molecule has 0 amide bonds. The first-order valence-electron chi connectivity index (χ1n) is 8.73. The SMILES string of the molecule is CC(C)N1CC(Nc2cnn(C)c(=O)c2Br)CC(c2ccccc2)C1. The summed E-state index contributed by atoms with van der Waals surface area (Å²) in [5, 5.41) is 7.67. The Morgan fingerprint density at radius 3 is 2.64 bits per heavy atom. The monoisotopic (exact) mass is 404 g/mol. The van der Waals surface area contributed by atoms with Gasteiger partial charge in [-0.05, 0) is 47.7 Å². The molecule has 134 valence electrons. The average molecular weight is 405 g/mol. The fraction of sp³-hybridized carbons (Fsp3) is 0.474. The van der Waals surface area contributed by atoms with Crippen molar-refractivity contribution in [3.8, 4) is 0 Å². The molecular weight excluding hydrogens is 380 g/mol. The van der Waals surface area contributed by atoms with Crippen molar-refractivity contribution in [1.82, 2.24) is 14.7 Å². The Balaban J connectivity index is 1.83. The molecule has 0 spiro atoms. The van der Waals surface area contributed by atoms with Gasteiger partial charge in [0, 0.05) is 32.2 Å². The van der Waals surface area contributed by atoms with E-state index in [1.807, 2.05) is 0 Å². The minimum atomic E-state index is -0.124. The van der Waals surface area contributed by atoms with Gasteiger partial charge in [0.15, 0.2) is 0 Å². The fourth-order valence-electron chi connectivity index (χ4n) is 3.46. The van der Waals surface area contributed by atoms with Crippen molar-refractivity contribution >= 4 is 21.6 Å². The molecule has 0 aliphatic carbocycles. The van der Waals surface area contributed by atoms with E-state index in [0.29, 0.717) is 16.4 Å². The summed E-state index contributed by atoms with van der Waals surface area (Å²) >= 11 is 3.41. The number of benzene rings is 1. The molecular formula is C19H25BrN4O. The molecule has 1 aliphatic heterocycles. The van der Waals surface area contributed by atoms with Crippen molar-refractivity contribution in [3.63, 3.8) is 0 Å². The molecule has 1 saturated heterocycles. The summed E-state index contributed by atoms with van der Waals surface area (Å²) in [7, 11) is 1.66. The van der Waals surface area contributed by atoms with Crippen LogP contribution in [0, 0.1) is 0 Å². The van der Waals surface area contributed by atoms with E-state index in [1.165, 1.54) is 10.2 Å². The predicted molar refractivity (Wildman–Crippen MR) is 105 cm³/mol. The van der Waals surface area contributed by atoms with Crippen LogP contribution in [0.2, 0.25) is 0 Å². The molecule has 1 aromatic carbocycles. The van der Waals surface area contributed by atoms with Crippen molar-refractivity contribution < 1.29 is 0 Å². The first-order chi connectivity index (χ1) is 12.0. The van der Waals surface area contributed by atoms with Crippen LogP contribution in [0.3, 0.4) is 0 Å². The van der Waals surface area contributed by atoms with Gasteiger partial charge in [0.05, 0.1) is 11.9 Å². The van der Waals surface area contributed by atoms with Crippen molar-refractivity contribution in [3.05, 3.63) is 56.9 Å². The fourth-order valence-corrected chi connectivity index (χ4v) is 3.93. The van der Waals surface area contributed by atoms with E-state index in [1.54, 1.807) is 13.2 Å². The number of piperidine rings is 1. The summed E-state index contributed by atoms with van der Waals surface area (Å²) in [5.41, 5.74) is 2.02. The van der Waals surface area contributed by atoms with E-state index in [0.717, 1.165) is 25.2 Å². The van der Waals surface area contributed by atoms with Crippen LogP contribution in [0.4, 0.5) is 5.69 Å². The van der Waals surface area contributed by atoms with Gasteiger partial charge >= 0.3 is 0 Å². The third-order valence-corrected chi connectivity index (χ3v) is 5.68. The molecule has 1 aromatic heterocycles. The van der Waals surface area contributed by atoms with Gasteiger partial charge in [-0.1, -0.05) is 30.3 Å². The summed E-state index contributed by atoms with van der Waals surface area (Å²) < 4.78 is 1.88. The van der Waals surface area contributed by atoms with Gasteiger partial charge in [0.1, 0.15) is 4.47 Å². The van der Waals surface area contributed by atoms with Crippen LogP contribution in [0.15, 0.2) is 45.8 Å². The Morgan fingerprint density at radius 2 is 1.96 bits per heavy atom. The Labute approximate surface area is 157 Å². The van der Waals surface area contributed by atoms with E-state index >= 15 is 0 Å². The van der Waals surface area contributed by atoms with Crippen molar-refractivity contribution in [2.24, 2.45) is 7.05 Å². The van der Waals surface area contributed by atoms with E-state index < -0.39 is 0 Å². The number of aryl methyl sites for hydroxylation is 1. The van der Waals surface area contributed by atoms with Gasteiger partial charge in [-0.2, -0.15) is 5.10 Å². The Hall–Kier alpha value is -1.66. The Kier molecular flexibility index (Phi) is 5.59. The largest absolute Gasteiger partial charge is 0.379 e. The summed E-state index contributed by atoms with van der Waals surface area (Å²) in [4.78, 5) is 14.6. The highest BCUT2D eigenvalue weighted by Gasteiger charge is 2.30. The van der Waals surface area contributed by atoms with Gasteiger partial charge in [-0.3, -0.25) is 9.69 Å². The van der Waals surface area contributed by atoms with Crippen molar-refractivity contribution in [1.29, 1.82) is 0 Å². The highest BCUT2D eigenvalue weighted by atomic mass is 79.9. The molecule has 6 heteroatoms.